The number of carbonyl (C=O) groups is 1. The first-order valence-electron chi connectivity index (χ1n) is 5.50. The third-order valence-electron chi connectivity index (χ3n) is 3.02. The van der Waals surface area contributed by atoms with Gasteiger partial charge in [-0.25, -0.2) is 0 Å². The highest BCUT2D eigenvalue weighted by molar-refractivity contribution is 9.10. The van der Waals surface area contributed by atoms with Crippen LogP contribution < -0.4 is 10.6 Å². The van der Waals surface area contributed by atoms with E-state index >= 15 is 0 Å². The minimum absolute atomic E-state index is 0.0162. The van der Waals surface area contributed by atoms with Gasteiger partial charge in [-0.15, -0.1) is 0 Å². The molecule has 1 heterocycles. The summed E-state index contributed by atoms with van der Waals surface area (Å²) >= 11 is 3.20. The Morgan fingerprint density at radius 1 is 1.56 bits per heavy atom. The monoisotopic (exact) mass is 313 g/mol. The molecular weight excluding hydrogens is 302 g/mol. The Morgan fingerprint density at radius 2 is 2.28 bits per heavy atom. The van der Waals surface area contributed by atoms with E-state index < -0.39 is 16.9 Å². The largest absolute Gasteiger partial charge is 0.368 e. The Kier molecular flexibility index (Phi) is 3.51. The lowest BCUT2D eigenvalue weighted by Crippen LogP contribution is -2.40. The topological polar surface area (TPSA) is 89.5 Å². The lowest BCUT2D eigenvalue weighted by Gasteiger charge is -2.24. The molecule has 18 heavy (non-hydrogen) atoms. The quantitative estimate of drug-likeness (QED) is 0.680. The van der Waals surface area contributed by atoms with Crippen LogP contribution >= 0.6 is 15.9 Å². The van der Waals surface area contributed by atoms with Crippen molar-refractivity contribution in [2.75, 3.05) is 11.4 Å². The van der Waals surface area contributed by atoms with Crippen molar-refractivity contribution in [1.29, 1.82) is 0 Å². The molecule has 1 amide bonds. The van der Waals surface area contributed by atoms with Gasteiger partial charge in [-0.2, -0.15) is 0 Å². The number of nitrogens with two attached hydrogens (primary N) is 1. The number of halogens is 1. The fourth-order valence-electron chi connectivity index (χ4n) is 2.24. The van der Waals surface area contributed by atoms with Crippen LogP contribution in [0.1, 0.15) is 12.8 Å². The first-order valence-corrected chi connectivity index (χ1v) is 6.30. The zero-order valence-corrected chi connectivity index (χ0v) is 11.1. The van der Waals surface area contributed by atoms with Crippen LogP contribution in [0.15, 0.2) is 22.7 Å². The number of primary amides is 1. The number of benzene rings is 1. The summed E-state index contributed by atoms with van der Waals surface area (Å²) in [7, 11) is 0. The van der Waals surface area contributed by atoms with Crippen LogP contribution in [0.4, 0.5) is 11.4 Å². The Bertz CT molecular complexity index is 506. The molecule has 6 nitrogen and oxygen atoms in total. The average molecular weight is 314 g/mol. The molecule has 2 rings (SSSR count). The van der Waals surface area contributed by atoms with Gasteiger partial charge in [0, 0.05) is 17.1 Å². The maximum Gasteiger partial charge on any atom is 0.293 e. The molecule has 1 aromatic rings. The summed E-state index contributed by atoms with van der Waals surface area (Å²) in [6.45, 7) is 0.607. The van der Waals surface area contributed by atoms with Crippen LogP contribution in [0.25, 0.3) is 0 Å². The summed E-state index contributed by atoms with van der Waals surface area (Å²) in [6.07, 6.45) is 1.45. The predicted molar refractivity (Wildman–Crippen MR) is 70.4 cm³/mol. The van der Waals surface area contributed by atoms with E-state index in [1.165, 1.54) is 6.07 Å². The summed E-state index contributed by atoms with van der Waals surface area (Å²) in [4.78, 5) is 23.7. The molecule has 1 fully saturated rings. The van der Waals surface area contributed by atoms with E-state index in [1.54, 1.807) is 17.0 Å². The highest BCUT2D eigenvalue weighted by atomic mass is 79.9. The van der Waals surface area contributed by atoms with Gasteiger partial charge in [0.25, 0.3) is 5.69 Å². The minimum atomic E-state index is -0.454. The molecule has 2 N–H and O–H groups in total. The van der Waals surface area contributed by atoms with E-state index in [1.807, 2.05) is 0 Å². The Morgan fingerprint density at radius 3 is 2.89 bits per heavy atom. The summed E-state index contributed by atoms with van der Waals surface area (Å²) in [6, 6.07) is 4.35. The van der Waals surface area contributed by atoms with Gasteiger partial charge in [-0.05, 0) is 25.0 Å². The third-order valence-corrected chi connectivity index (χ3v) is 3.52. The summed E-state index contributed by atoms with van der Waals surface area (Å²) in [5.74, 6) is -0.440. The van der Waals surface area contributed by atoms with Crippen LogP contribution in [0.5, 0.6) is 0 Å². The number of carbonyl (C=O) groups excluding carboxylic acids is 1. The minimum Gasteiger partial charge on any atom is -0.368 e. The molecule has 0 aliphatic carbocycles. The molecule has 0 bridgehead atoms. The lowest BCUT2D eigenvalue weighted by atomic mass is 10.2. The van der Waals surface area contributed by atoms with Gasteiger partial charge in [0.2, 0.25) is 5.91 Å². The Hall–Kier alpha value is -1.63. The van der Waals surface area contributed by atoms with E-state index in [0.29, 0.717) is 23.1 Å². The normalized spacial score (nSPS) is 18.9. The molecule has 1 aliphatic rings. The highest BCUT2D eigenvalue weighted by Crippen LogP contribution is 2.35. The van der Waals surface area contributed by atoms with Crippen molar-refractivity contribution >= 4 is 33.2 Å². The van der Waals surface area contributed by atoms with Crippen molar-refractivity contribution < 1.29 is 9.72 Å². The molecule has 0 saturated carbocycles. The van der Waals surface area contributed by atoms with Gasteiger partial charge in [-0.3, -0.25) is 14.9 Å². The molecule has 1 aromatic carbocycles. The highest BCUT2D eigenvalue weighted by Gasteiger charge is 2.33. The van der Waals surface area contributed by atoms with Crippen molar-refractivity contribution in [3.05, 3.63) is 32.8 Å². The van der Waals surface area contributed by atoms with Crippen LogP contribution in [-0.4, -0.2) is 23.4 Å². The van der Waals surface area contributed by atoms with Crippen molar-refractivity contribution in [1.82, 2.24) is 0 Å². The molecule has 1 unspecified atom stereocenters. The second-order valence-corrected chi connectivity index (χ2v) is 5.06. The molecular formula is C11H12BrN3O3. The first kappa shape index (κ1) is 12.8. The predicted octanol–water partition coefficient (Wildman–Crippen LogP) is 1.81. The number of nitro benzene ring substituents is 1. The molecule has 0 radical (unpaired) electrons. The zero-order chi connectivity index (χ0) is 13.3. The summed E-state index contributed by atoms with van der Waals surface area (Å²) in [5.41, 5.74) is 5.75. The molecule has 0 spiro atoms. The van der Waals surface area contributed by atoms with E-state index in [4.69, 9.17) is 5.73 Å². The SMILES string of the molecule is NC(=O)C1CCCN1c1ccc(Br)cc1[N+](=O)[O-]. The maximum atomic E-state index is 11.3. The van der Waals surface area contributed by atoms with Crippen LogP contribution in [0.3, 0.4) is 0 Å². The molecule has 1 aliphatic heterocycles. The first-order chi connectivity index (χ1) is 8.50. The van der Waals surface area contributed by atoms with Crippen molar-refractivity contribution in [3.63, 3.8) is 0 Å². The molecule has 96 valence electrons. The van der Waals surface area contributed by atoms with E-state index in [-0.39, 0.29) is 5.69 Å². The van der Waals surface area contributed by atoms with Crippen molar-refractivity contribution in [2.24, 2.45) is 5.73 Å². The fraction of sp³-hybridized carbons (Fsp3) is 0.364. The second kappa shape index (κ2) is 4.93. The number of hydrogen-bond donors (Lipinski definition) is 1. The van der Waals surface area contributed by atoms with Gasteiger partial charge in [0.15, 0.2) is 0 Å². The van der Waals surface area contributed by atoms with Gasteiger partial charge in [-0.1, -0.05) is 15.9 Å². The molecule has 1 saturated heterocycles. The number of hydrogen-bond acceptors (Lipinski definition) is 4. The van der Waals surface area contributed by atoms with Gasteiger partial charge < -0.3 is 10.6 Å². The van der Waals surface area contributed by atoms with Crippen LogP contribution in [0.2, 0.25) is 0 Å². The van der Waals surface area contributed by atoms with E-state index in [0.717, 1.165) is 6.42 Å². The third kappa shape index (κ3) is 2.31. The van der Waals surface area contributed by atoms with Crippen molar-refractivity contribution in [2.45, 2.75) is 18.9 Å². The lowest BCUT2D eigenvalue weighted by molar-refractivity contribution is -0.384. The van der Waals surface area contributed by atoms with E-state index in [9.17, 15) is 14.9 Å². The average Bonchev–Trinajstić information content (AvgIpc) is 2.77. The molecule has 1 atom stereocenters. The zero-order valence-electron chi connectivity index (χ0n) is 9.51. The number of nitro groups is 1. The number of rotatable bonds is 3. The van der Waals surface area contributed by atoms with Crippen LogP contribution in [-0.2, 0) is 4.79 Å². The molecule has 0 aromatic heterocycles. The second-order valence-electron chi connectivity index (χ2n) is 4.14. The standard InChI is InChI=1S/C11H12BrN3O3/c12-7-3-4-8(10(6-7)15(17)18)14-5-1-2-9(14)11(13)16/h3-4,6,9H,1-2,5H2,(H2,13,16). The van der Waals surface area contributed by atoms with E-state index in [2.05, 4.69) is 15.9 Å². The Balaban J connectivity index is 2.44. The number of amides is 1. The van der Waals surface area contributed by atoms with Gasteiger partial charge >= 0.3 is 0 Å². The van der Waals surface area contributed by atoms with Gasteiger partial charge in [0.1, 0.15) is 11.7 Å². The fourth-order valence-corrected chi connectivity index (χ4v) is 2.59. The molecule has 7 heteroatoms. The smallest absolute Gasteiger partial charge is 0.293 e. The number of anilines is 1. The summed E-state index contributed by atoms with van der Waals surface area (Å²) < 4.78 is 0.632. The Labute approximate surface area is 112 Å². The number of nitrogens with zero attached hydrogens (tertiary/aromatic N) is 2. The van der Waals surface area contributed by atoms with Crippen LogP contribution in [0, 0.1) is 10.1 Å². The maximum absolute atomic E-state index is 11.3. The summed E-state index contributed by atoms with van der Waals surface area (Å²) in [5, 5.41) is 11.0. The van der Waals surface area contributed by atoms with Crippen molar-refractivity contribution in [3.8, 4) is 0 Å². The van der Waals surface area contributed by atoms with Gasteiger partial charge in [0.05, 0.1) is 4.92 Å².